The number of hydrogen-bond acceptors (Lipinski definition) is 7. The zero-order valence-corrected chi connectivity index (χ0v) is 11.4. The van der Waals surface area contributed by atoms with Crippen LogP contribution in [-0.2, 0) is 4.74 Å². The van der Waals surface area contributed by atoms with Gasteiger partial charge in [-0.1, -0.05) is 5.16 Å². The Morgan fingerprint density at radius 1 is 1.52 bits per heavy atom. The van der Waals surface area contributed by atoms with Crippen LogP contribution in [0.2, 0.25) is 0 Å². The van der Waals surface area contributed by atoms with Crippen LogP contribution in [0.3, 0.4) is 0 Å². The first kappa shape index (κ1) is 13.5. The second-order valence-corrected chi connectivity index (χ2v) is 4.98. The third kappa shape index (κ3) is 2.57. The molecule has 110 valence electrons. The fourth-order valence-electron chi connectivity index (χ4n) is 2.23. The van der Waals surface area contributed by atoms with Crippen LogP contribution >= 0.6 is 0 Å². The summed E-state index contributed by atoms with van der Waals surface area (Å²) < 4.78 is 10.6. The summed E-state index contributed by atoms with van der Waals surface area (Å²) >= 11 is 0. The molecule has 2 aromatic rings. The molecule has 21 heavy (non-hydrogen) atoms. The molecule has 0 bridgehead atoms. The Hall–Kier alpha value is -2.48. The van der Waals surface area contributed by atoms with Gasteiger partial charge < -0.3 is 15.0 Å². The first-order valence-electron chi connectivity index (χ1n) is 6.51. The summed E-state index contributed by atoms with van der Waals surface area (Å²) in [5.74, 6) is 1.14. The van der Waals surface area contributed by atoms with E-state index in [-0.39, 0.29) is 23.4 Å². The van der Waals surface area contributed by atoms with Crippen molar-refractivity contribution in [1.82, 2.24) is 10.1 Å². The summed E-state index contributed by atoms with van der Waals surface area (Å²) in [7, 11) is 1.61. The lowest BCUT2D eigenvalue weighted by Crippen LogP contribution is -2.05. The number of nitrogen functional groups attached to an aromatic ring is 1. The lowest BCUT2D eigenvalue weighted by atomic mass is 10.1. The monoisotopic (exact) mass is 290 g/mol. The van der Waals surface area contributed by atoms with Crippen LogP contribution < -0.4 is 5.73 Å². The fraction of sp³-hybridized carbons (Fsp3) is 0.385. The zero-order chi connectivity index (χ0) is 15.0. The molecule has 1 aromatic carbocycles. The number of nitrogens with two attached hydrogens (primary N) is 1. The van der Waals surface area contributed by atoms with E-state index in [1.165, 1.54) is 18.2 Å². The van der Waals surface area contributed by atoms with Gasteiger partial charge in [-0.2, -0.15) is 4.98 Å². The van der Waals surface area contributed by atoms with Crippen LogP contribution in [0.5, 0.6) is 0 Å². The van der Waals surface area contributed by atoms with Crippen LogP contribution in [0, 0.1) is 16.0 Å². The van der Waals surface area contributed by atoms with Crippen molar-refractivity contribution in [3.63, 3.8) is 0 Å². The molecule has 1 fully saturated rings. The quantitative estimate of drug-likeness (QED) is 0.510. The summed E-state index contributed by atoms with van der Waals surface area (Å²) in [6.45, 7) is 0. The minimum absolute atomic E-state index is 0.0799. The van der Waals surface area contributed by atoms with Gasteiger partial charge in [0.2, 0.25) is 5.82 Å². The molecule has 0 spiro atoms. The molecule has 1 unspecified atom stereocenters. The Bertz CT molecular complexity index is 681. The van der Waals surface area contributed by atoms with Crippen molar-refractivity contribution in [2.75, 3.05) is 12.8 Å². The molecular formula is C13H14N4O4. The highest BCUT2D eigenvalue weighted by molar-refractivity contribution is 5.72. The molecule has 1 atom stereocenters. The highest BCUT2D eigenvalue weighted by atomic mass is 16.6. The Morgan fingerprint density at radius 3 is 2.86 bits per heavy atom. The minimum atomic E-state index is -0.507. The number of nitro benzene ring substituents is 1. The van der Waals surface area contributed by atoms with E-state index < -0.39 is 4.92 Å². The van der Waals surface area contributed by atoms with Crippen LogP contribution in [0.15, 0.2) is 22.7 Å². The molecule has 1 aliphatic rings. The summed E-state index contributed by atoms with van der Waals surface area (Å²) in [5, 5.41) is 14.6. The van der Waals surface area contributed by atoms with Gasteiger partial charge in [0.15, 0.2) is 0 Å². The van der Waals surface area contributed by atoms with Gasteiger partial charge in [-0.3, -0.25) is 10.1 Å². The maximum Gasteiger partial charge on any atom is 0.271 e. The summed E-state index contributed by atoms with van der Waals surface area (Å²) in [4.78, 5) is 14.5. The van der Waals surface area contributed by atoms with Crippen molar-refractivity contribution in [3.8, 4) is 11.5 Å². The van der Waals surface area contributed by atoms with E-state index in [1.807, 2.05) is 0 Å². The Kier molecular flexibility index (Phi) is 3.30. The number of nitrogens with zero attached hydrogens (tertiary/aromatic N) is 3. The molecule has 1 saturated carbocycles. The highest BCUT2D eigenvalue weighted by Crippen LogP contribution is 2.42. The molecule has 8 heteroatoms. The standard InChI is InChI=1S/C13H14N4O4/c1-20-11(7-2-3-7)12-15-13(21-16-12)9-5-4-8(17(18)19)6-10(9)14/h4-7,11H,2-3,14H2,1H3. The first-order chi connectivity index (χ1) is 10.1. The smallest absolute Gasteiger partial charge is 0.271 e. The number of hydrogen-bond donors (Lipinski definition) is 1. The lowest BCUT2D eigenvalue weighted by molar-refractivity contribution is -0.384. The number of benzene rings is 1. The number of ether oxygens (including phenoxy) is 1. The van der Waals surface area contributed by atoms with Gasteiger partial charge in [-0.25, -0.2) is 0 Å². The van der Waals surface area contributed by atoms with Gasteiger partial charge in [0.1, 0.15) is 6.10 Å². The number of methoxy groups -OCH3 is 1. The Labute approximate surface area is 120 Å². The predicted octanol–water partition coefficient (Wildman–Crippen LogP) is 2.32. The highest BCUT2D eigenvalue weighted by Gasteiger charge is 2.35. The molecule has 8 nitrogen and oxygen atoms in total. The third-order valence-corrected chi connectivity index (χ3v) is 3.48. The van der Waals surface area contributed by atoms with Crippen LogP contribution in [0.1, 0.15) is 24.8 Å². The van der Waals surface area contributed by atoms with E-state index >= 15 is 0 Å². The van der Waals surface area contributed by atoms with E-state index in [9.17, 15) is 10.1 Å². The zero-order valence-electron chi connectivity index (χ0n) is 11.4. The van der Waals surface area contributed by atoms with Crippen molar-refractivity contribution in [2.24, 2.45) is 5.92 Å². The number of nitro groups is 1. The summed E-state index contributed by atoms with van der Waals surface area (Å²) in [6.07, 6.45) is 1.99. The van der Waals surface area contributed by atoms with Gasteiger partial charge in [-0.15, -0.1) is 0 Å². The van der Waals surface area contributed by atoms with Crippen molar-refractivity contribution < 1.29 is 14.2 Å². The maximum absolute atomic E-state index is 10.7. The normalized spacial score (nSPS) is 15.9. The SMILES string of the molecule is COC(c1noc(-c2ccc([N+](=O)[O-])cc2N)n1)C1CC1. The van der Waals surface area contributed by atoms with Gasteiger partial charge >= 0.3 is 0 Å². The fourth-order valence-corrected chi connectivity index (χ4v) is 2.23. The topological polar surface area (TPSA) is 117 Å². The summed E-state index contributed by atoms with van der Waals surface area (Å²) in [6, 6.07) is 4.13. The van der Waals surface area contributed by atoms with Crippen LogP contribution in [0.4, 0.5) is 11.4 Å². The van der Waals surface area contributed by atoms with Crippen LogP contribution in [-0.4, -0.2) is 22.2 Å². The number of rotatable bonds is 5. The molecule has 0 saturated heterocycles. The van der Waals surface area contributed by atoms with Crippen molar-refractivity contribution in [1.29, 1.82) is 0 Å². The molecule has 0 radical (unpaired) electrons. The molecular weight excluding hydrogens is 276 g/mol. The molecule has 1 aromatic heterocycles. The van der Waals surface area contributed by atoms with E-state index in [0.29, 0.717) is 17.3 Å². The summed E-state index contributed by atoms with van der Waals surface area (Å²) in [5.41, 5.74) is 6.44. The molecule has 0 amide bonds. The first-order valence-corrected chi connectivity index (χ1v) is 6.51. The predicted molar refractivity (Wildman–Crippen MR) is 73.3 cm³/mol. The van der Waals surface area contributed by atoms with E-state index in [0.717, 1.165) is 12.8 Å². The largest absolute Gasteiger partial charge is 0.398 e. The average Bonchev–Trinajstić information content (AvgIpc) is 3.17. The molecule has 1 aliphatic carbocycles. The van der Waals surface area contributed by atoms with Gasteiger partial charge in [0.25, 0.3) is 11.6 Å². The van der Waals surface area contributed by atoms with Crippen LogP contribution in [0.25, 0.3) is 11.5 Å². The number of anilines is 1. The minimum Gasteiger partial charge on any atom is -0.398 e. The van der Waals surface area contributed by atoms with E-state index in [4.69, 9.17) is 15.0 Å². The molecule has 0 aliphatic heterocycles. The van der Waals surface area contributed by atoms with Crippen molar-refractivity contribution in [2.45, 2.75) is 18.9 Å². The second-order valence-electron chi connectivity index (χ2n) is 4.98. The molecule has 3 rings (SSSR count). The number of aromatic nitrogens is 2. The Balaban J connectivity index is 1.90. The van der Waals surface area contributed by atoms with E-state index in [2.05, 4.69) is 10.1 Å². The van der Waals surface area contributed by atoms with Gasteiger partial charge in [-0.05, 0) is 24.8 Å². The second kappa shape index (κ2) is 5.13. The van der Waals surface area contributed by atoms with E-state index in [1.54, 1.807) is 7.11 Å². The van der Waals surface area contributed by atoms with Gasteiger partial charge in [0.05, 0.1) is 16.2 Å². The lowest BCUT2D eigenvalue weighted by Gasteiger charge is -2.08. The van der Waals surface area contributed by atoms with Gasteiger partial charge in [0, 0.05) is 19.2 Å². The maximum atomic E-state index is 10.7. The molecule has 2 N–H and O–H groups in total. The van der Waals surface area contributed by atoms with Crippen molar-refractivity contribution in [3.05, 3.63) is 34.1 Å². The number of non-ortho nitro benzene ring substituents is 1. The van der Waals surface area contributed by atoms with Crippen molar-refractivity contribution >= 4 is 11.4 Å². The third-order valence-electron chi connectivity index (χ3n) is 3.48. The Morgan fingerprint density at radius 2 is 2.29 bits per heavy atom. The average molecular weight is 290 g/mol. The molecule has 1 heterocycles.